The molecule has 18 heavy (non-hydrogen) atoms. The molecule has 2 nitrogen and oxygen atoms in total. The van der Waals surface area contributed by atoms with Gasteiger partial charge in [-0.2, -0.15) is 0 Å². The van der Waals surface area contributed by atoms with Crippen LogP contribution in [0.2, 0.25) is 0 Å². The predicted octanol–water partition coefficient (Wildman–Crippen LogP) is 2.91. The molecule has 2 heteroatoms. The van der Waals surface area contributed by atoms with Crippen LogP contribution < -0.4 is 5.32 Å². The van der Waals surface area contributed by atoms with Gasteiger partial charge in [0.05, 0.1) is 0 Å². The molecule has 1 fully saturated rings. The fourth-order valence-electron chi connectivity index (χ4n) is 2.77. The van der Waals surface area contributed by atoms with Crippen molar-refractivity contribution < 1.29 is 4.79 Å². The number of piperidine rings is 1. The molecule has 1 amide bonds. The monoisotopic (exact) mass is 239 g/mol. The van der Waals surface area contributed by atoms with E-state index in [0.29, 0.717) is 0 Å². The van der Waals surface area contributed by atoms with Crippen LogP contribution in [-0.2, 0) is 11.2 Å². The van der Waals surface area contributed by atoms with Gasteiger partial charge in [-0.3, -0.25) is 4.79 Å². The summed E-state index contributed by atoms with van der Waals surface area (Å²) in [6.07, 6.45) is 2.96. The van der Waals surface area contributed by atoms with Gasteiger partial charge in [0.15, 0.2) is 0 Å². The van der Waals surface area contributed by atoms with Crippen LogP contribution in [0.5, 0.6) is 0 Å². The molecule has 2 aromatic carbocycles. The summed E-state index contributed by atoms with van der Waals surface area (Å²) in [6.45, 7) is 0.838. The topological polar surface area (TPSA) is 29.1 Å². The summed E-state index contributed by atoms with van der Waals surface area (Å²) >= 11 is 0. The molecule has 0 spiro atoms. The van der Waals surface area contributed by atoms with Gasteiger partial charge in [-0.05, 0) is 35.6 Å². The minimum atomic E-state index is 0.143. The first-order chi connectivity index (χ1) is 8.84. The van der Waals surface area contributed by atoms with Gasteiger partial charge in [-0.15, -0.1) is 0 Å². The molecule has 1 aliphatic rings. The fraction of sp³-hybridized carbons (Fsp3) is 0.312. The van der Waals surface area contributed by atoms with E-state index in [-0.39, 0.29) is 11.8 Å². The van der Waals surface area contributed by atoms with E-state index in [0.717, 1.165) is 25.8 Å². The van der Waals surface area contributed by atoms with Gasteiger partial charge >= 0.3 is 0 Å². The van der Waals surface area contributed by atoms with Crippen LogP contribution in [0.3, 0.4) is 0 Å². The maximum atomic E-state index is 11.8. The van der Waals surface area contributed by atoms with Gasteiger partial charge in [0.2, 0.25) is 5.91 Å². The number of carbonyl (C=O) groups excluding carboxylic acids is 1. The van der Waals surface area contributed by atoms with Gasteiger partial charge < -0.3 is 5.32 Å². The Bertz CT molecular complexity index is 571. The van der Waals surface area contributed by atoms with Crippen LogP contribution in [0.1, 0.15) is 18.4 Å². The maximum absolute atomic E-state index is 11.8. The highest BCUT2D eigenvalue weighted by molar-refractivity contribution is 5.87. The fourth-order valence-corrected chi connectivity index (χ4v) is 2.77. The van der Waals surface area contributed by atoms with Crippen molar-refractivity contribution in [3.05, 3.63) is 48.0 Å². The van der Waals surface area contributed by atoms with E-state index < -0.39 is 0 Å². The number of hydrogen-bond donors (Lipinski definition) is 1. The molecule has 3 rings (SSSR count). The van der Waals surface area contributed by atoms with E-state index in [9.17, 15) is 4.79 Å². The minimum Gasteiger partial charge on any atom is -0.356 e. The molecule has 1 N–H and O–H groups in total. The summed E-state index contributed by atoms with van der Waals surface area (Å²) < 4.78 is 0. The SMILES string of the molecule is O=C1NCCCC1Cc1cccc2ccccc12. The second-order valence-electron chi connectivity index (χ2n) is 4.97. The van der Waals surface area contributed by atoms with Gasteiger partial charge in [0, 0.05) is 12.5 Å². The minimum absolute atomic E-state index is 0.143. The largest absolute Gasteiger partial charge is 0.356 e. The summed E-state index contributed by atoms with van der Waals surface area (Å²) in [5.41, 5.74) is 1.29. The Balaban J connectivity index is 1.92. The molecule has 0 bridgehead atoms. The van der Waals surface area contributed by atoms with E-state index in [1.165, 1.54) is 16.3 Å². The van der Waals surface area contributed by atoms with E-state index in [1.54, 1.807) is 0 Å². The molecule has 2 aromatic rings. The van der Waals surface area contributed by atoms with E-state index >= 15 is 0 Å². The molecule has 0 aromatic heterocycles. The average Bonchev–Trinajstić information content (AvgIpc) is 2.42. The number of fused-ring (bicyclic) bond motifs is 1. The number of carbonyl (C=O) groups is 1. The summed E-state index contributed by atoms with van der Waals surface area (Å²) in [5, 5.41) is 5.49. The lowest BCUT2D eigenvalue weighted by Crippen LogP contribution is -2.37. The Labute approximate surface area is 107 Å². The Kier molecular flexibility index (Phi) is 3.01. The molecule has 1 saturated heterocycles. The number of nitrogens with one attached hydrogen (secondary N) is 1. The van der Waals surface area contributed by atoms with Crippen molar-refractivity contribution in [2.45, 2.75) is 19.3 Å². The molecule has 0 aliphatic carbocycles. The standard InChI is InChI=1S/C16H17NO/c18-16-14(8-4-10-17-16)11-13-7-3-6-12-5-1-2-9-15(12)13/h1-3,5-7,9,14H,4,8,10-11H2,(H,17,18). The third-order valence-electron chi connectivity index (χ3n) is 3.75. The summed E-state index contributed by atoms with van der Waals surface area (Å²) in [6, 6.07) is 14.7. The molecule has 1 unspecified atom stereocenters. The smallest absolute Gasteiger partial charge is 0.223 e. The highest BCUT2D eigenvalue weighted by Gasteiger charge is 2.22. The zero-order valence-corrected chi connectivity index (χ0v) is 10.4. The molecule has 1 aliphatic heterocycles. The normalized spacial score (nSPS) is 19.8. The van der Waals surface area contributed by atoms with E-state index in [1.807, 2.05) is 0 Å². The summed E-state index contributed by atoms with van der Waals surface area (Å²) in [5.74, 6) is 0.360. The van der Waals surface area contributed by atoms with Crippen LogP contribution in [0.25, 0.3) is 10.8 Å². The lowest BCUT2D eigenvalue weighted by Gasteiger charge is -2.22. The summed E-state index contributed by atoms with van der Waals surface area (Å²) in [7, 11) is 0. The number of amides is 1. The first-order valence-electron chi connectivity index (χ1n) is 6.59. The van der Waals surface area contributed by atoms with Crippen molar-refractivity contribution >= 4 is 16.7 Å². The molecule has 92 valence electrons. The second kappa shape index (κ2) is 4.81. The zero-order valence-electron chi connectivity index (χ0n) is 10.4. The Morgan fingerprint density at radius 1 is 1.11 bits per heavy atom. The summed E-state index contributed by atoms with van der Waals surface area (Å²) in [4.78, 5) is 11.8. The Morgan fingerprint density at radius 2 is 1.94 bits per heavy atom. The molecule has 0 radical (unpaired) electrons. The van der Waals surface area contributed by atoms with Crippen molar-refractivity contribution in [2.75, 3.05) is 6.54 Å². The lowest BCUT2D eigenvalue weighted by molar-refractivity contribution is -0.126. The third-order valence-corrected chi connectivity index (χ3v) is 3.75. The first-order valence-corrected chi connectivity index (χ1v) is 6.59. The van der Waals surface area contributed by atoms with Crippen molar-refractivity contribution in [2.24, 2.45) is 5.92 Å². The second-order valence-corrected chi connectivity index (χ2v) is 4.97. The van der Waals surface area contributed by atoms with E-state index in [4.69, 9.17) is 0 Å². The first kappa shape index (κ1) is 11.3. The van der Waals surface area contributed by atoms with Crippen LogP contribution in [-0.4, -0.2) is 12.5 Å². The maximum Gasteiger partial charge on any atom is 0.223 e. The molecule has 0 saturated carbocycles. The van der Waals surface area contributed by atoms with Crippen molar-refractivity contribution in [3.63, 3.8) is 0 Å². The van der Waals surface area contributed by atoms with Gasteiger partial charge in [0.1, 0.15) is 0 Å². The Hall–Kier alpha value is -1.83. The van der Waals surface area contributed by atoms with Gasteiger partial charge in [-0.25, -0.2) is 0 Å². The highest BCUT2D eigenvalue weighted by Crippen LogP contribution is 2.24. The third kappa shape index (κ3) is 2.10. The zero-order chi connectivity index (χ0) is 12.4. The average molecular weight is 239 g/mol. The van der Waals surface area contributed by atoms with Gasteiger partial charge in [-0.1, -0.05) is 42.5 Å². The highest BCUT2D eigenvalue weighted by atomic mass is 16.1. The predicted molar refractivity (Wildman–Crippen MR) is 73.4 cm³/mol. The lowest BCUT2D eigenvalue weighted by atomic mass is 9.89. The quantitative estimate of drug-likeness (QED) is 0.857. The Morgan fingerprint density at radius 3 is 2.83 bits per heavy atom. The van der Waals surface area contributed by atoms with Crippen LogP contribution >= 0.6 is 0 Å². The van der Waals surface area contributed by atoms with E-state index in [2.05, 4.69) is 47.8 Å². The van der Waals surface area contributed by atoms with Crippen molar-refractivity contribution in [1.82, 2.24) is 5.32 Å². The molecule has 1 heterocycles. The molecular weight excluding hydrogens is 222 g/mol. The van der Waals surface area contributed by atoms with Crippen LogP contribution in [0.15, 0.2) is 42.5 Å². The van der Waals surface area contributed by atoms with Crippen molar-refractivity contribution in [3.8, 4) is 0 Å². The number of hydrogen-bond acceptors (Lipinski definition) is 1. The van der Waals surface area contributed by atoms with Crippen LogP contribution in [0, 0.1) is 5.92 Å². The van der Waals surface area contributed by atoms with Crippen molar-refractivity contribution in [1.29, 1.82) is 0 Å². The number of benzene rings is 2. The van der Waals surface area contributed by atoms with Crippen LogP contribution in [0.4, 0.5) is 0 Å². The molecule has 1 atom stereocenters. The van der Waals surface area contributed by atoms with Gasteiger partial charge in [0.25, 0.3) is 0 Å². The number of rotatable bonds is 2. The molecular formula is C16H17NO.